The molecule has 0 bridgehead atoms. The Bertz CT molecular complexity index is 1860. The molecule has 0 atom stereocenters. The third-order valence-electron chi connectivity index (χ3n) is 8.57. The Morgan fingerprint density at radius 3 is 2.46 bits per heavy atom. The molecule has 2 aromatic heterocycles. The Balaban J connectivity index is 1.15. The van der Waals surface area contributed by atoms with Gasteiger partial charge in [-0.3, -0.25) is 19.0 Å². The van der Waals surface area contributed by atoms with E-state index in [0.717, 1.165) is 54.6 Å². The smallest absolute Gasteiger partial charge is 0.309 e. The van der Waals surface area contributed by atoms with E-state index < -0.39 is 5.54 Å². The average Bonchev–Trinajstić information content (AvgIpc) is 3.67. The third kappa shape index (κ3) is 6.66. The van der Waals surface area contributed by atoms with E-state index in [4.69, 9.17) is 4.74 Å². The molecule has 0 aliphatic carbocycles. The van der Waals surface area contributed by atoms with Gasteiger partial charge >= 0.3 is 5.97 Å². The lowest BCUT2D eigenvalue weighted by molar-refractivity contribution is -0.139. The molecule has 46 heavy (non-hydrogen) atoms. The lowest BCUT2D eigenvalue weighted by atomic mass is 9.96. The van der Waals surface area contributed by atoms with Gasteiger partial charge in [-0.25, -0.2) is 4.39 Å². The van der Waals surface area contributed by atoms with E-state index in [9.17, 15) is 14.0 Å². The fraction of sp³-hybridized carbons (Fsp3) is 0.333. The number of anilines is 2. The molecule has 1 fully saturated rings. The van der Waals surface area contributed by atoms with Crippen LogP contribution >= 0.6 is 0 Å². The Labute approximate surface area is 268 Å². The van der Waals surface area contributed by atoms with Crippen LogP contribution < -0.4 is 10.2 Å². The first-order valence-corrected chi connectivity index (χ1v) is 15.6. The zero-order valence-corrected chi connectivity index (χ0v) is 26.7. The number of carbonyl (C=O) groups excluding carboxylic acids is 2. The van der Waals surface area contributed by atoms with E-state index in [1.54, 1.807) is 23.0 Å². The topological polar surface area (TPSA) is 94.3 Å². The number of halogens is 1. The maximum absolute atomic E-state index is 13.7. The van der Waals surface area contributed by atoms with E-state index in [-0.39, 0.29) is 24.1 Å². The lowest BCUT2D eigenvalue weighted by Crippen LogP contribution is -2.35. The van der Waals surface area contributed by atoms with Crippen LogP contribution in [0.15, 0.2) is 79.1 Å². The molecule has 1 saturated heterocycles. The van der Waals surface area contributed by atoms with Crippen LogP contribution in [0.3, 0.4) is 0 Å². The minimum Gasteiger partial charge on any atom is -0.469 e. The summed E-state index contributed by atoms with van der Waals surface area (Å²) >= 11 is 0. The van der Waals surface area contributed by atoms with Crippen molar-refractivity contribution in [3.05, 3.63) is 96.1 Å². The van der Waals surface area contributed by atoms with Crippen molar-refractivity contribution in [3.8, 4) is 11.3 Å². The first-order chi connectivity index (χ1) is 22.1. The SMILES string of the molecule is COC(=O)Cc1cccc(N2CCC(Cn3ncc4ccc(NC(=O)c5cnn(C(C)(C)C)c5-c5ccc(F)cc5)cc43)CC2)c1. The molecule has 0 radical (unpaired) electrons. The second-order valence-corrected chi connectivity index (χ2v) is 12.9. The van der Waals surface area contributed by atoms with Gasteiger partial charge in [0, 0.05) is 42.0 Å². The van der Waals surface area contributed by atoms with Gasteiger partial charge in [-0.1, -0.05) is 12.1 Å². The van der Waals surface area contributed by atoms with Gasteiger partial charge in [0.1, 0.15) is 5.82 Å². The van der Waals surface area contributed by atoms with Crippen molar-refractivity contribution in [1.29, 1.82) is 0 Å². The van der Waals surface area contributed by atoms with Crippen LogP contribution in [0.1, 0.15) is 49.5 Å². The normalized spacial score (nSPS) is 14.1. The van der Waals surface area contributed by atoms with Crippen molar-refractivity contribution in [3.63, 3.8) is 0 Å². The van der Waals surface area contributed by atoms with E-state index in [2.05, 4.69) is 32.5 Å². The number of nitrogens with one attached hydrogen (secondary N) is 1. The molecule has 6 rings (SSSR count). The van der Waals surface area contributed by atoms with Gasteiger partial charge in [0.15, 0.2) is 0 Å². The number of rotatable bonds is 8. The molecule has 1 aliphatic rings. The Hall–Kier alpha value is -4.99. The molecule has 0 spiro atoms. The van der Waals surface area contributed by atoms with E-state index in [1.807, 2.05) is 62.0 Å². The summed E-state index contributed by atoms with van der Waals surface area (Å²) in [7, 11) is 1.41. The fourth-order valence-corrected chi connectivity index (χ4v) is 6.12. The number of hydrogen-bond acceptors (Lipinski definition) is 6. The molecule has 3 heterocycles. The monoisotopic (exact) mass is 622 g/mol. The average molecular weight is 623 g/mol. The first kappa shape index (κ1) is 31.0. The third-order valence-corrected chi connectivity index (χ3v) is 8.57. The van der Waals surface area contributed by atoms with Crippen LogP contribution in [0, 0.1) is 11.7 Å². The van der Waals surface area contributed by atoms with Gasteiger partial charge in [0.25, 0.3) is 5.91 Å². The molecule has 0 saturated carbocycles. The summed E-state index contributed by atoms with van der Waals surface area (Å²) in [4.78, 5) is 27.7. The van der Waals surface area contributed by atoms with Crippen LogP contribution in [-0.2, 0) is 28.0 Å². The quantitative estimate of drug-likeness (QED) is 0.194. The molecule has 9 nitrogen and oxygen atoms in total. The number of methoxy groups -OCH3 is 1. The van der Waals surface area contributed by atoms with Crippen LogP contribution in [0.4, 0.5) is 15.8 Å². The molecule has 1 aliphatic heterocycles. The molecule has 5 aromatic rings. The second kappa shape index (κ2) is 12.8. The number of aromatic nitrogens is 4. The van der Waals surface area contributed by atoms with Crippen molar-refractivity contribution >= 4 is 34.2 Å². The summed E-state index contributed by atoms with van der Waals surface area (Å²) in [5.74, 6) is -0.411. The fourth-order valence-electron chi connectivity index (χ4n) is 6.12. The van der Waals surface area contributed by atoms with Gasteiger partial charge in [-0.15, -0.1) is 0 Å². The molecule has 238 valence electrons. The summed E-state index contributed by atoms with van der Waals surface area (Å²) in [5, 5.41) is 13.3. The number of fused-ring (bicyclic) bond motifs is 1. The predicted octanol–water partition coefficient (Wildman–Crippen LogP) is 6.68. The number of carbonyl (C=O) groups is 2. The molecule has 3 aromatic carbocycles. The number of ether oxygens (including phenoxy) is 1. The standard InChI is InChI=1S/C36H39FN6O3/c1-36(2,3)43-34(26-8-11-28(37)12-9-26)31(22-39-43)35(45)40-29-13-10-27-21-38-42(32(27)20-29)23-24-14-16-41(17-15-24)30-7-5-6-25(18-30)19-33(44)46-4/h5-13,18,20-22,24H,14-17,19,23H2,1-4H3,(H,40,45). The number of benzene rings is 3. The van der Waals surface area contributed by atoms with E-state index >= 15 is 0 Å². The second-order valence-electron chi connectivity index (χ2n) is 12.9. The Morgan fingerprint density at radius 1 is 0.978 bits per heavy atom. The number of hydrogen-bond donors (Lipinski definition) is 1. The van der Waals surface area contributed by atoms with Gasteiger partial charge in [-0.05, 0) is 99.7 Å². The van der Waals surface area contributed by atoms with Crippen LogP contribution in [0.25, 0.3) is 22.2 Å². The van der Waals surface area contributed by atoms with Crippen LogP contribution in [0.5, 0.6) is 0 Å². The summed E-state index contributed by atoms with van der Waals surface area (Å²) in [5.41, 5.74) is 5.07. The molecule has 0 unspecified atom stereocenters. The van der Waals surface area contributed by atoms with Crippen LogP contribution in [-0.4, -0.2) is 51.6 Å². The minimum atomic E-state index is -0.391. The van der Waals surface area contributed by atoms with Gasteiger partial charge in [0.2, 0.25) is 0 Å². The highest BCUT2D eigenvalue weighted by Gasteiger charge is 2.26. The molecule has 1 N–H and O–H groups in total. The highest BCUT2D eigenvalue weighted by molar-refractivity contribution is 6.08. The predicted molar refractivity (Wildman–Crippen MR) is 177 cm³/mol. The minimum absolute atomic E-state index is 0.239. The first-order valence-electron chi connectivity index (χ1n) is 15.6. The van der Waals surface area contributed by atoms with Gasteiger partial charge in [0.05, 0.1) is 48.2 Å². The van der Waals surface area contributed by atoms with Crippen molar-refractivity contribution in [1.82, 2.24) is 19.6 Å². The van der Waals surface area contributed by atoms with Gasteiger partial charge < -0.3 is 15.0 Å². The zero-order chi connectivity index (χ0) is 32.4. The Morgan fingerprint density at radius 2 is 1.74 bits per heavy atom. The zero-order valence-electron chi connectivity index (χ0n) is 26.7. The molecule has 1 amide bonds. The summed E-state index contributed by atoms with van der Waals surface area (Å²) < 4.78 is 22.4. The van der Waals surface area contributed by atoms with Crippen molar-refractivity contribution < 1.29 is 18.7 Å². The summed E-state index contributed by atoms with van der Waals surface area (Å²) in [6.45, 7) is 8.66. The number of amides is 1. The lowest BCUT2D eigenvalue weighted by Gasteiger charge is -2.34. The van der Waals surface area contributed by atoms with Crippen molar-refractivity contribution in [2.45, 2.75) is 52.1 Å². The van der Waals surface area contributed by atoms with E-state index in [1.165, 1.54) is 19.2 Å². The van der Waals surface area contributed by atoms with E-state index in [0.29, 0.717) is 28.4 Å². The summed E-state index contributed by atoms with van der Waals surface area (Å²) in [6.07, 6.45) is 5.74. The molecule has 10 heteroatoms. The maximum Gasteiger partial charge on any atom is 0.309 e. The van der Waals surface area contributed by atoms with Gasteiger partial charge in [-0.2, -0.15) is 10.2 Å². The molecular formula is C36H39FN6O3. The largest absolute Gasteiger partial charge is 0.469 e. The van der Waals surface area contributed by atoms with Crippen molar-refractivity contribution in [2.75, 3.05) is 30.4 Å². The molecular weight excluding hydrogens is 583 g/mol. The number of piperidine rings is 1. The highest BCUT2D eigenvalue weighted by atomic mass is 19.1. The van der Waals surface area contributed by atoms with Crippen molar-refractivity contribution in [2.24, 2.45) is 5.92 Å². The highest BCUT2D eigenvalue weighted by Crippen LogP contribution is 2.31. The maximum atomic E-state index is 13.7. The number of nitrogens with zero attached hydrogens (tertiary/aromatic N) is 5. The Kier molecular flexibility index (Phi) is 8.62. The number of esters is 1. The van der Waals surface area contributed by atoms with Crippen LogP contribution in [0.2, 0.25) is 0 Å². The summed E-state index contributed by atoms with van der Waals surface area (Å²) in [6, 6.07) is 20.0.